The van der Waals surface area contributed by atoms with Crippen LogP contribution in [0.4, 0.5) is 0 Å². The Hall–Kier alpha value is -0.560. The lowest BCUT2D eigenvalue weighted by molar-refractivity contribution is 0.275. The lowest BCUT2D eigenvalue weighted by Crippen LogP contribution is -2.33. The minimum atomic E-state index is 0.867. The summed E-state index contributed by atoms with van der Waals surface area (Å²) in [7, 11) is 2.21. The van der Waals surface area contributed by atoms with Gasteiger partial charge in [0.05, 0.1) is 0 Å². The maximum atomic E-state index is 2.41. The fraction of sp³-hybridized carbons (Fsp3) is 0.636. The summed E-state index contributed by atoms with van der Waals surface area (Å²) in [4.78, 5) is 2.41. The maximum Gasteiger partial charge on any atom is 0.0195 e. The molecule has 1 aliphatic carbocycles. The summed E-state index contributed by atoms with van der Waals surface area (Å²) in [6.45, 7) is 4.70. The third-order valence-corrected chi connectivity index (χ3v) is 2.99. The van der Waals surface area contributed by atoms with E-state index in [2.05, 4.69) is 31.0 Å². The summed E-state index contributed by atoms with van der Waals surface area (Å²) in [5.74, 6) is 0.867. The van der Waals surface area contributed by atoms with Crippen LogP contribution < -0.4 is 0 Å². The molecule has 2 aliphatic rings. The molecule has 0 aromatic rings. The Kier molecular flexibility index (Phi) is 2.05. The van der Waals surface area contributed by atoms with Crippen LogP contribution in [-0.4, -0.2) is 25.0 Å². The number of hydrogen-bond donors (Lipinski definition) is 0. The number of likely N-dealkylation sites (N-methyl/N-ethyl adjacent to an activating group) is 1. The second kappa shape index (κ2) is 3.06. The molecular formula is C11H17N. The minimum absolute atomic E-state index is 0.867. The first-order valence-corrected chi connectivity index (χ1v) is 4.80. The standard InChI is InChI=1S/C11H17N/c1-9-3-4-11-8-12(2)6-5-10(11)7-9/h3-4,10H,5-8H2,1-2H3. The lowest BCUT2D eigenvalue weighted by atomic mass is 9.83. The molecule has 12 heavy (non-hydrogen) atoms. The zero-order valence-electron chi connectivity index (χ0n) is 8.01. The maximum absolute atomic E-state index is 2.41. The van der Waals surface area contributed by atoms with E-state index in [-0.39, 0.29) is 0 Å². The summed E-state index contributed by atoms with van der Waals surface area (Å²) >= 11 is 0. The molecule has 0 aromatic carbocycles. The van der Waals surface area contributed by atoms with Crippen molar-refractivity contribution in [2.75, 3.05) is 20.1 Å². The molecule has 0 N–H and O–H groups in total. The molecule has 1 nitrogen and oxygen atoms in total. The fourth-order valence-electron chi connectivity index (χ4n) is 2.21. The van der Waals surface area contributed by atoms with Crippen molar-refractivity contribution in [2.45, 2.75) is 19.8 Å². The van der Waals surface area contributed by atoms with E-state index in [9.17, 15) is 0 Å². The monoisotopic (exact) mass is 163 g/mol. The Balaban J connectivity index is 2.15. The first kappa shape index (κ1) is 8.06. The van der Waals surface area contributed by atoms with Crippen LogP contribution in [-0.2, 0) is 0 Å². The third-order valence-electron chi connectivity index (χ3n) is 2.99. The normalized spacial score (nSPS) is 30.7. The zero-order chi connectivity index (χ0) is 8.55. The highest BCUT2D eigenvalue weighted by Crippen LogP contribution is 2.31. The summed E-state index contributed by atoms with van der Waals surface area (Å²) in [5, 5.41) is 0. The van der Waals surface area contributed by atoms with Gasteiger partial charge in [0.2, 0.25) is 0 Å². The number of nitrogens with zero attached hydrogens (tertiary/aromatic N) is 1. The first-order chi connectivity index (χ1) is 5.75. The van der Waals surface area contributed by atoms with Crippen LogP contribution in [0, 0.1) is 5.92 Å². The Labute approximate surface area is 74.8 Å². The number of piperidine rings is 1. The molecule has 0 bridgehead atoms. The van der Waals surface area contributed by atoms with Crippen molar-refractivity contribution in [1.82, 2.24) is 4.90 Å². The van der Waals surface area contributed by atoms with Crippen LogP contribution in [0.3, 0.4) is 0 Å². The van der Waals surface area contributed by atoms with Crippen LogP contribution in [0.2, 0.25) is 0 Å². The quantitative estimate of drug-likeness (QED) is 0.529. The highest BCUT2D eigenvalue weighted by atomic mass is 15.1. The number of hydrogen-bond acceptors (Lipinski definition) is 1. The van der Waals surface area contributed by atoms with Crippen LogP contribution in [0.25, 0.3) is 0 Å². The molecule has 0 radical (unpaired) electrons. The molecule has 0 amide bonds. The zero-order valence-corrected chi connectivity index (χ0v) is 8.01. The van der Waals surface area contributed by atoms with Crippen molar-refractivity contribution < 1.29 is 0 Å². The van der Waals surface area contributed by atoms with Gasteiger partial charge in [-0.05, 0) is 39.3 Å². The molecule has 1 saturated heterocycles. The van der Waals surface area contributed by atoms with Gasteiger partial charge in [0.15, 0.2) is 0 Å². The Bertz CT molecular complexity index is 237. The van der Waals surface area contributed by atoms with E-state index in [1.165, 1.54) is 25.9 Å². The van der Waals surface area contributed by atoms with Gasteiger partial charge in [-0.2, -0.15) is 0 Å². The molecule has 1 unspecified atom stereocenters. The fourth-order valence-corrected chi connectivity index (χ4v) is 2.21. The van der Waals surface area contributed by atoms with Gasteiger partial charge in [-0.15, -0.1) is 0 Å². The van der Waals surface area contributed by atoms with E-state index >= 15 is 0 Å². The molecule has 1 atom stereocenters. The predicted molar refractivity (Wildman–Crippen MR) is 52.1 cm³/mol. The van der Waals surface area contributed by atoms with Gasteiger partial charge >= 0.3 is 0 Å². The largest absolute Gasteiger partial charge is 0.302 e. The van der Waals surface area contributed by atoms with Gasteiger partial charge in [-0.1, -0.05) is 23.3 Å². The highest BCUT2D eigenvalue weighted by Gasteiger charge is 2.23. The van der Waals surface area contributed by atoms with E-state index in [1.807, 2.05) is 0 Å². The molecule has 66 valence electrons. The minimum Gasteiger partial charge on any atom is -0.302 e. The van der Waals surface area contributed by atoms with Gasteiger partial charge in [0.1, 0.15) is 0 Å². The molecule has 0 aromatic heterocycles. The molecule has 1 fully saturated rings. The predicted octanol–water partition coefficient (Wildman–Crippen LogP) is 2.21. The van der Waals surface area contributed by atoms with Crippen LogP contribution in [0.1, 0.15) is 19.8 Å². The van der Waals surface area contributed by atoms with E-state index < -0.39 is 0 Å². The average molecular weight is 163 g/mol. The summed E-state index contributed by atoms with van der Waals surface area (Å²) in [6, 6.07) is 0. The Morgan fingerprint density at radius 1 is 1.42 bits per heavy atom. The average Bonchev–Trinajstić information content (AvgIpc) is 2.05. The van der Waals surface area contributed by atoms with Crippen molar-refractivity contribution in [2.24, 2.45) is 5.92 Å². The SMILES string of the molecule is CC1=CC=C2CN(C)CCC2C1. The van der Waals surface area contributed by atoms with Gasteiger partial charge in [0, 0.05) is 6.54 Å². The van der Waals surface area contributed by atoms with Gasteiger partial charge < -0.3 is 4.90 Å². The molecule has 1 aliphatic heterocycles. The lowest BCUT2D eigenvalue weighted by Gasteiger charge is -2.33. The first-order valence-electron chi connectivity index (χ1n) is 4.80. The Morgan fingerprint density at radius 2 is 2.25 bits per heavy atom. The van der Waals surface area contributed by atoms with E-state index in [4.69, 9.17) is 0 Å². The van der Waals surface area contributed by atoms with Gasteiger partial charge in [-0.3, -0.25) is 0 Å². The molecule has 2 rings (SSSR count). The topological polar surface area (TPSA) is 3.24 Å². The smallest absolute Gasteiger partial charge is 0.0195 e. The third kappa shape index (κ3) is 1.46. The second-order valence-corrected chi connectivity index (χ2v) is 4.18. The van der Waals surface area contributed by atoms with E-state index in [0.717, 1.165) is 5.92 Å². The molecule has 0 saturated carbocycles. The van der Waals surface area contributed by atoms with Gasteiger partial charge in [-0.25, -0.2) is 0 Å². The van der Waals surface area contributed by atoms with Crippen molar-refractivity contribution in [1.29, 1.82) is 0 Å². The van der Waals surface area contributed by atoms with Crippen LogP contribution >= 0.6 is 0 Å². The van der Waals surface area contributed by atoms with E-state index in [1.54, 1.807) is 11.1 Å². The second-order valence-electron chi connectivity index (χ2n) is 4.18. The number of fused-ring (bicyclic) bond motifs is 1. The summed E-state index contributed by atoms with van der Waals surface area (Å²) < 4.78 is 0. The molecule has 1 heteroatoms. The van der Waals surface area contributed by atoms with Crippen LogP contribution in [0.15, 0.2) is 23.3 Å². The van der Waals surface area contributed by atoms with Crippen molar-refractivity contribution in [3.63, 3.8) is 0 Å². The number of rotatable bonds is 0. The summed E-state index contributed by atoms with van der Waals surface area (Å²) in [6.07, 6.45) is 7.28. The number of allylic oxidation sites excluding steroid dienone is 3. The van der Waals surface area contributed by atoms with Crippen molar-refractivity contribution >= 4 is 0 Å². The number of likely N-dealkylation sites (tertiary alicyclic amines) is 1. The van der Waals surface area contributed by atoms with Gasteiger partial charge in [0.25, 0.3) is 0 Å². The van der Waals surface area contributed by atoms with Crippen molar-refractivity contribution in [3.8, 4) is 0 Å². The molecule has 0 spiro atoms. The molecule has 1 heterocycles. The molecular weight excluding hydrogens is 146 g/mol. The highest BCUT2D eigenvalue weighted by molar-refractivity contribution is 5.27. The van der Waals surface area contributed by atoms with Crippen molar-refractivity contribution in [3.05, 3.63) is 23.3 Å². The summed E-state index contributed by atoms with van der Waals surface area (Å²) in [5.41, 5.74) is 3.20. The van der Waals surface area contributed by atoms with Crippen LogP contribution in [0.5, 0.6) is 0 Å². The van der Waals surface area contributed by atoms with E-state index in [0.29, 0.717) is 0 Å². The Morgan fingerprint density at radius 3 is 3.08 bits per heavy atom.